The van der Waals surface area contributed by atoms with Crippen LogP contribution in [0.2, 0.25) is 0 Å². The van der Waals surface area contributed by atoms with Crippen molar-refractivity contribution in [1.82, 2.24) is 15.2 Å². The van der Waals surface area contributed by atoms with Crippen molar-refractivity contribution in [2.75, 3.05) is 13.1 Å². The van der Waals surface area contributed by atoms with Crippen molar-refractivity contribution in [3.63, 3.8) is 0 Å². The maximum atomic E-state index is 12.1. The van der Waals surface area contributed by atoms with E-state index in [1.54, 1.807) is 6.20 Å². The highest BCUT2D eigenvalue weighted by Crippen LogP contribution is 2.24. The molecule has 0 fully saturated rings. The van der Waals surface area contributed by atoms with E-state index in [9.17, 15) is 4.79 Å². The van der Waals surface area contributed by atoms with Crippen molar-refractivity contribution in [3.05, 3.63) is 30.1 Å². The summed E-state index contributed by atoms with van der Waals surface area (Å²) in [6.45, 7) is 9.15. The number of likely N-dealkylation sites (N-methyl/N-ethyl adjacent to an activating group) is 1. The second-order valence-corrected chi connectivity index (χ2v) is 5.59. The Kier molecular flexibility index (Phi) is 7.32. The van der Waals surface area contributed by atoms with Gasteiger partial charge in [-0.15, -0.1) is 0 Å². The van der Waals surface area contributed by atoms with Crippen LogP contribution < -0.4 is 11.1 Å². The zero-order valence-electron chi connectivity index (χ0n) is 13.5. The predicted octanol–water partition coefficient (Wildman–Crippen LogP) is 1.71. The molecule has 1 heterocycles. The molecule has 0 aliphatic carbocycles. The van der Waals surface area contributed by atoms with Gasteiger partial charge in [-0.25, -0.2) is 0 Å². The number of nitrogens with zero attached hydrogens (tertiary/aromatic N) is 2. The molecule has 118 valence electrons. The highest BCUT2D eigenvalue weighted by Gasteiger charge is 2.26. The summed E-state index contributed by atoms with van der Waals surface area (Å²) in [5.41, 5.74) is 7.36. The molecule has 5 heteroatoms. The molecule has 0 aliphatic rings. The third kappa shape index (κ3) is 5.44. The van der Waals surface area contributed by atoms with Gasteiger partial charge in [0.05, 0.1) is 12.6 Å². The first-order valence-electron chi connectivity index (χ1n) is 7.68. The Morgan fingerprint density at radius 3 is 2.62 bits per heavy atom. The van der Waals surface area contributed by atoms with Gasteiger partial charge in [-0.1, -0.05) is 19.9 Å². The predicted molar refractivity (Wildman–Crippen MR) is 85.8 cm³/mol. The monoisotopic (exact) mass is 292 g/mol. The smallest absolute Gasteiger partial charge is 0.234 e. The summed E-state index contributed by atoms with van der Waals surface area (Å²) in [6, 6.07) is 4.06. The van der Waals surface area contributed by atoms with Crippen LogP contribution in [0.4, 0.5) is 0 Å². The maximum Gasteiger partial charge on any atom is 0.234 e. The Morgan fingerprint density at radius 2 is 2.14 bits per heavy atom. The van der Waals surface area contributed by atoms with E-state index in [-0.39, 0.29) is 24.0 Å². The number of nitrogens with one attached hydrogen (secondary N) is 1. The highest BCUT2D eigenvalue weighted by molar-refractivity contribution is 5.78. The molecule has 1 rings (SSSR count). The summed E-state index contributed by atoms with van der Waals surface area (Å²) in [6.07, 6.45) is 4.44. The summed E-state index contributed by atoms with van der Waals surface area (Å²) in [4.78, 5) is 18.4. The van der Waals surface area contributed by atoms with Crippen molar-refractivity contribution in [2.24, 2.45) is 5.73 Å². The quantitative estimate of drug-likeness (QED) is 0.765. The van der Waals surface area contributed by atoms with Gasteiger partial charge in [0, 0.05) is 24.5 Å². The van der Waals surface area contributed by atoms with Gasteiger partial charge >= 0.3 is 0 Å². The molecule has 1 amide bonds. The van der Waals surface area contributed by atoms with Crippen LogP contribution in [-0.2, 0) is 4.79 Å². The van der Waals surface area contributed by atoms with Crippen molar-refractivity contribution in [3.8, 4) is 0 Å². The first kappa shape index (κ1) is 17.6. The topological polar surface area (TPSA) is 71.2 Å². The molecule has 21 heavy (non-hydrogen) atoms. The van der Waals surface area contributed by atoms with E-state index in [0.717, 1.165) is 18.5 Å². The van der Waals surface area contributed by atoms with Crippen LogP contribution in [0, 0.1) is 0 Å². The Balaban J connectivity index is 2.91. The van der Waals surface area contributed by atoms with Gasteiger partial charge in [0.2, 0.25) is 5.91 Å². The number of nitrogens with two attached hydrogens (primary N) is 1. The largest absolute Gasteiger partial charge is 0.353 e. The third-order valence-electron chi connectivity index (χ3n) is 3.50. The van der Waals surface area contributed by atoms with E-state index in [0.29, 0.717) is 6.54 Å². The summed E-state index contributed by atoms with van der Waals surface area (Å²) in [7, 11) is 0. The zero-order valence-corrected chi connectivity index (χ0v) is 13.5. The van der Waals surface area contributed by atoms with E-state index in [4.69, 9.17) is 5.73 Å². The fraction of sp³-hybridized carbons (Fsp3) is 0.625. The lowest BCUT2D eigenvalue weighted by Crippen LogP contribution is -2.46. The van der Waals surface area contributed by atoms with Crippen LogP contribution in [0.3, 0.4) is 0 Å². The number of hydrogen-bond donors (Lipinski definition) is 2. The Bertz CT molecular complexity index is 422. The van der Waals surface area contributed by atoms with Crippen molar-refractivity contribution in [2.45, 2.75) is 52.2 Å². The lowest BCUT2D eigenvalue weighted by Gasteiger charge is -2.34. The van der Waals surface area contributed by atoms with E-state index in [2.05, 4.69) is 29.0 Å². The molecule has 1 aromatic heterocycles. The first-order valence-corrected chi connectivity index (χ1v) is 7.68. The molecule has 3 N–H and O–H groups in total. The fourth-order valence-electron chi connectivity index (χ4n) is 2.46. The minimum atomic E-state index is -0.0269. The Labute approximate surface area is 127 Å². The number of amides is 1. The molecule has 0 bridgehead atoms. The minimum absolute atomic E-state index is 0.00612. The third-order valence-corrected chi connectivity index (χ3v) is 3.50. The van der Waals surface area contributed by atoms with E-state index in [1.165, 1.54) is 0 Å². The van der Waals surface area contributed by atoms with Gasteiger partial charge in [0.1, 0.15) is 0 Å². The van der Waals surface area contributed by atoms with Gasteiger partial charge in [0.15, 0.2) is 0 Å². The Morgan fingerprint density at radius 1 is 1.43 bits per heavy atom. The molecule has 0 aromatic carbocycles. The van der Waals surface area contributed by atoms with Gasteiger partial charge in [-0.05, 0) is 38.4 Å². The second kappa shape index (κ2) is 8.74. The molecule has 0 radical (unpaired) electrons. The number of aromatic nitrogens is 1. The highest BCUT2D eigenvalue weighted by atomic mass is 16.2. The van der Waals surface area contributed by atoms with Crippen molar-refractivity contribution < 1.29 is 4.79 Å². The van der Waals surface area contributed by atoms with Crippen molar-refractivity contribution in [1.29, 1.82) is 0 Å². The minimum Gasteiger partial charge on any atom is -0.353 e. The number of hydrogen-bond acceptors (Lipinski definition) is 4. The van der Waals surface area contributed by atoms with E-state index >= 15 is 0 Å². The average molecular weight is 292 g/mol. The molecule has 2 unspecified atom stereocenters. The van der Waals surface area contributed by atoms with Crippen LogP contribution >= 0.6 is 0 Å². The average Bonchev–Trinajstić information content (AvgIpc) is 2.46. The van der Waals surface area contributed by atoms with Crippen LogP contribution in [0.1, 0.15) is 45.7 Å². The molecular weight excluding hydrogens is 264 g/mol. The van der Waals surface area contributed by atoms with Crippen molar-refractivity contribution >= 4 is 5.91 Å². The second-order valence-electron chi connectivity index (χ2n) is 5.59. The van der Waals surface area contributed by atoms with Gasteiger partial charge in [0.25, 0.3) is 0 Å². The standard InChI is InChI=1S/C16H28N4O/c1-5-14(17)16(13-8-7-9-18-10-13)20(6-2)11-15(21)19-12(3)4/h7-10,12,14,16H,5-6,11,17H2,1-4H3,(H,19,21). The van der Waals surface area contributed by atoms with E-state index < -0.39 is 0 Å². The Hall–Kier alpha value is -1.46. The number of carbonyl (C=O) groups excluding carboxylic acids is 1. The van der Waals surface area contributed by atoms with Gasteiger partial charge in [-0.2, -0.15) is 0 Å². The molecule has 5 nitrogen and oxygen atoms in total. The lowest BCUT2D eigenvalue weighted by atomic mass is 9.97. The molecule has 1 aromatic rings. The van der Waals surface area contributed by atoms with E-state index in [1.807, 2.05) is 32.2 Å². The summed E-state index contributed by atoms with van der Waals surface area (Å²) in [5, 5.41) is 2.93. The van der Waals surface area contributed by atoms with Gasteiger partial charge < -0.3 is 11.1 Å². The van der Waals surface area contributed by atoms with Crippen LogP contribution in [0.5, 0.6) is 0 Å². The fourth-order valence-corrected chi connectivity index (χ4v) is 2.46. The number of pyridine rings is 1. The summed E-state index contributed by atoms with van der Waals surface area (Å²) in [5.74, 6) is 0.0315. The van der Waals surface area contributed by atoms with Crippen LogP contribution in [0.25, 0.3) is 0 Å². The number of carbonyl (C=O) groups is 1. The number of rotatable bonds is 8. The molecule has 0 saturated carbocycles. The van der Waals surface area contributed by atoms with Gasteiger partial charge in [-0.3, -0.25) is 14.7 Å². The SMILES string of the molecule is CCC(N)C(c1cccnc1)N(CC)CC(=O)NC(C)C. The molecule has 0 aliphatic heterocycles. The normalized spacial score (nSPS) is 14.2. The molecule has 2 atom stereocenters. The molecule has 0 spiro atoms. The van der Waals surface area contributed by atoms with Crippen LogP contribution in [-0.4, -0.2) is 41.0 Å². The summed E-state index contributed by atoms with van der Waals surface area (Å²) >= 11 is 0. The summed E-state index contributed by atoms with van der Waals surface area (Å²) < 4.78 is 0. The lowest BCUT2D eigenvalue weighted by molar-refractivity contribution is -0.123. The maximum absolute atomic E-state index is 12.1. The first-order chi connectivity index (χ1) is 9.99. The zero-order chi connectivity index (χ0) is 15.8. The molecular formula is C16H28N4O. The molecule has 0 saturated heterocycles. The van der Waals surface area contributed by atoms with Crippen LogP contribution in [0.15, 0.2) is 24.5 Å².